The Hall–Kier alpha value is -3.14. The van der Waals surface area contributed by atoms with Crippen molar-refractivity contribution < 1.29 is 23.8 Å². The highest BCUT2D eigenvalue weighted by Gasteiger charge is 2.32. The molecule has 7 heteroatoms. The zero-order valence-corrected chi connectivity index (χ0v) is 14.3. The first-order valence-electron chi connectivity index (χ1n) is 7.71. The van der Waals surface area contributed by atoms with E-state index < -0.39 is 18.0 Å². The minimum atomic E-state index is -0.665. The van der Waals surface area contributed by atoms with Gasteiger partial charge in [-0.1, -0.05) is 12.0 Å². The lowest BCUT2D eigenvalue weighted by molar-refractivity contribution is -0.136. The number of hydrogen-bond donors (Lipinski definition) is 2. The van der Waals surface area contributed by atoms with Crippen LogP contribution in [-0.4, -0.2) is 32.3 Å². The molecular formula is C18H20N2O5. The van der Waals surface area contributed by atoms with Crippen LogP contribution in [0.1, 0.15) is 25.5 Å². The number of urea groups is 1. The number of carbonyl (C=O) groups excluding carboxylic acids is 2. The Morgan fingerprint density at radius 3 is 2.72 bits per heavy atom. The van der Waals surface area contributed by atoms with Crippen LogP contribution in [0.25, 0.3) is 0 Å². The van der Waals surface area contributed by atoms with E-state index in [1.165, 1.54) is 7.11 Å². The van der Waals surface area contributed by atoms with Crippen LogP contribution >= 0.6 is 0 Å². The van der Waals surface area contributed by atoms with Gasteiger partial charge in [-0.05, 0) is 31.5 Å². The number of amides is 2. The number of terminal acetylenes is 1. The predicted octanol–water partition coefficient (Wildman–Crippen LogP) is 1.90. The molecule has 0 aromatic heterocycles. The Labute approximate surface area is 146 Å². The van der Waals surface area contributed by atoms with Gasteiger partial charge in [-0.2, -0.15) is 0 Å². The van der Waals surface area contributed by atoms with Crippen LogP contribution in [0, 0.1) is 12.3 Å². The minimum Gasteiger partial charge on any atom is -0.490 e. The Bertz CT molecular complexity index is 748. The molecule has 25 heavy (non-hydrogen) atoms. The number of ether oxygens (including phenoxy) is 3. The van der Waals surface area contributed by atoms with Crippen molar-refractivity contribution in [2.75, 3.05) is 20.3 Å². The number of rotatable bonds is 6. The average Bonchev–Trinajstić information content (AvgIpc) is 2.59. The summed E-state index contributed by atoms with van der Waals surface area (Å²) >= 11 is 0. The third-order valence-electron chi connectivity index (χ3n) is 3.59. The fourth-order valence-corrected chi connectivity index (χ4v) is 2.54. The second-order valence-corrected chi connectivity index (χ2v) is 5.19. The molecule has 1 aliphatic rings. The standard InChI is InChI=1S/C18H20N2O5/c1-5-9-25-13-8-7-12(10-14(13)24-6-2)16-15(17(21)23-4)11(3)19-18(22)20-16/h1,7-8,10,16H,6,9H2,2-4H3,(H2,19,20,22). The third kappa shape index (κ3) is 4.04. The van der Waals surface area contributed by atoms with Crippen molar-refractivity contribution in [2.45, 2.75) is 19.9 Å². The maximum atomic E-state index is 12.1. The number of hydrogen-bond acceptors (Lipinski definition) is 5. The summed E-state index contributed by atoms with van der Waals surface area (Å²) in [5.74, 6) is 2.83. The van der Waals surface area contributed by atoms with Gasteiger partial charge in [-0.25, -0.2) is 9.59 Å². The Kier molecular flexibility index (Phi) is 5.90. The van der Waals surface area contributed by atoms with Crippen molar-refractivity contribution in [3.05, 3.63) is 35.0 Å². The molecule has 2 N–H and O–H groups in total. The number of carbonyl (C=O) groups is 2. The highest BCUT2D eigenvalue weighted by Crippen LogP contribution is 2.34. The van der Waals surface area contributed by atoms with Gasteiger partial charge >= 0.3 is 12.0 Å². The first-order chi connectivity index (χ1) is 12.0. The van der Waals surface area contributed by atoms with Gasteiger partial charge in [0.1, 0.15) is 6.61 Å². The van der Waals surface area contributed by atoms with Gasteiger partial charge in [-0.15, -0.1) is 6.42 Å². The van der Waals surface area contributed by atoms with Crippen LogP contribution in [0.2, 0.25) is 0 Å². The molecule has 2 rings (SSSR count). The number of benzene rings is 1. The molecule has 1 aromatic rings. The molecule has 0 bridgehead atoms. The maximum absolute atomic E-state index is 12.1. The van der Waals surface area contributed by atoms with E-state index in [0.29, 0.717) is 34.9 Å². The molecule has 1 aliphatic heterocycles. The molecule has 0 saturated heterocycles. The zero-order chi connectivity index (χ0) is 18.4. The normalized spacial score (nSPS) is 16.4. The van der Waals surface area contributed by atoms with E-state index in [1.54, 1.807) is 25.1 Å². The molecule has 132 valence electrons. The van der Waals surface area contributed by atoms with Crippen molar-refractivity contribution in [2.24, 2.45) is 0 Å². The van der Waals surface area contributed by atoms with E-state index in [4.69, 9.17) is 20.6 Å². The summed E-state index contributed by atoms with van der Waals surface area (Å²) in [6, 6.07) is 4.07. The Balaban J connectivity index is 2.46. The highest BCUT2D eigenvalue weighted by atomic mass is 16.5. The van der Waals surface area contributed by atoms with Crippen LogP contribution in [0.3, 0.4) is 0 Å². The van der Waals surface area contributed by atoms with Gasteiger partial charge < -0.3 is 24.8 Å². The monoisotopic (exact) mass is 344 g/mol. The van der Waals surface area contributed by atoms with E-state index in [0.717, 1.165) is 0 Å². The molecular weight excluding hydrogens is 324 g/mol. The molecule has 1 unspecified atom stereocenters. The quantitative estimate of drug-likeness (QED) is 0.608. The summed E-state index contributed by atoms with van der Waals surface area (Å²) in [5, 5.41) is 5.30. The summed E-state index contributed by atoms with van der Waals surface area (Å²) in [5.41, 5.74) is 1.42. The second kappa shape index (κ2) is 8.11. The van der Waals surface area contributed by atoms with E-state index >= 15 is 0 Å². The molecule has 0 aliphatic carbocycles. The number of methoxy groups -OCH3 is 1. The van der Waals surface area contributed by atoms with Crippen LogP contribution in [-0.2, 0) is 9.53 Å². The van der Waals surface area contributed by atoms with Crippen molar-refractivity contribution in [3.8, 4) is 23.8 Å². The van der Waals surface area contributed by atoms with Crippen molar-refractivity contribution in [1.82, 2.24) is 10.6 Å². The Morgan fingerprint density at radius 2 is 2.08 bits per heavy atom. The molecule has 1 heterocycles. The molecule has 0 radical (unpaired) electrons. The van der Waals surface area contributed by atoms with Crippen molar-refractivity contribution in [3.63, 3.8) is 0 Å². The molecule has 0 fully saturated rings. The summed E-state index contributed by atoms with van der Waals surface area (Å²) in [4.78, 5) is 24.0. The van der Waals surface area contributed by atoms with E-state index in [1.807, 2.05) is 6.92 Å². The molecule has 0 saturated carbocycles. The van der Waals surface area contributed by atoms with Gasteiger partial charge in [0.2, 0.25) is 0 Å². The fourth-order valence-electron chi connectivity index (χ4n) is 2.54. The van der Waals surface area contributed by atoms with Gasteiger partial charge in [0.05, 0.1) is 25.3 Å². The van der Waals surface area contributed by atoms with E-state index in [9.17, 15) is 9.59 Å². The lowest BCUT2D eigenvalue weighted by Crippen LogP contribution is -2.45. The summed E-state index contributed by atoms with van der Waals surface area (Å²) in [7, 11) is 1.29. The van der Waals surface area contributed by atoms with Crippen LogP contribution in [0.4, 0.5) is 4.79 Å². The summed E-state index contributed by atoms with van der Waals surface area (Å²) in [6.07, 6.45) is 5.22. The third-order valence-corrected chi connectivity index (χ3v) is 3.59. The van der Waals surface area contributed by atoms with E-state index in [-0.39, 0.29) is 6.61 Å². The molecule has 1 atom stereocenters. The lowest BCUT2D eigenvalue weighted by atomic mass is 9.95. The Morgan fingerprint density at radius 1 is 1.32 bits per heavy atom. The molecule has 7 nitrogen and oxygen atoms in total. The lowest BCUT2D eigenvalue weighted by Gasteiger charge is -2.28. The van der Waals surface area contributed by atoms with Crippen LogP contribution < -0.4 is 20.1 Å². The van der Waals surface area contributed by atoms with Gasteiger partial charge in [-0.3, -0.25) is 0 Å². The summed E-state index contributed by atoms with van der Waals surface area (Å²) < 4.78 is 15.9. The first kappa shape index (κ1) is 18.2. The first-order valence-corrected chi connectivity index (χ1v) is 7.71. The smallest absolute Gasteiger partial charge is 0.337 e. The highest BCUT2D eigenvalue weighted by molar-refractivity contribution is 5.94. The van der Waals surface area contributed by atoms with Crippen LogP contribution in [0.15, 0.2) is 29.5 Å². The largest absolute Gasteiger partial charge is 0.490 e. The van der Waals surface area contributed by atoms with Crippen molar-refractivity contribution in [1.29, 1.82) is 0 Å². The predicted molar refractivity (Wildman–Crippen MR) is 91.1 cm³/mol. The average molecular weight is 344 g/mol. The maximum Gasteiger partial charge on any atom is 0.337 e. The number of esters is 1. The van der Waals surface area contributed by atoms with E-state index in [2.05, 4.69) is 16.6 Å². The number of nitrogens with one attached hydrogen (secondary N) is 2. The topological polar surface area (TPSA) is 85.9 Å². The molecule has 0 spiro atoms. The van der Waals surface area contributed by atoms with Gasteiger partial charge in [0.15, 0.2) is 11.5 Å². The fraction of sp³-hybridized carbons (Fsp3) is 0.333. The minimum absolute atomic E-state index is 0.107. The summed E-state index contributed by atoms with van der Waals surface area (Å²) in [6.45, 7) is 4.02. The second-order valence-electron chi connectivity index (χ2n) is 5.19. The van der Waals surface area contributed by atoms with Crippen LogP contribution in [0.5, 0.6) is 11.5 Å². The van der Waals surface area contributed by atoms with Crippen molar-refractivity contribution >= 4 is 12.0 Å². The number of allylic oxidation sites excluding steroid dienone is 1. The zero-order valence-electron chi connectivity index (χ0n) is 14.3. The molecule has 2 amide bonds. The van der Waals surface area contributed by atoms with Gasteiger partial charge in [0.25, 0.3) is 0 Å². The van der Waals surface area contributed by atoms with Gasteiger partial charge in [0, 0.05) is 5.70 Å². The molecule has 1 aromatic carbocycles. The SMILES string of the molecule is C#CCOc1ccc(C2NC(=O)NC(C)=C2C(=O)OC)cc1OCC.